The van der Waals surface area contributed by atoms with Crippen LogP contribution in [0.25, 0.3) is 22.7 Å². The number of aryl methyl sites for hydroxylation is 1. The third-order valence-electron chi connectivity index (χ3n) is 5.02. The Hall–Kier alpha value is -2.98. The summed E-state index contributed by atoms with van der Waals surface area (Å²) in [5.74, 6) is 1.63. The highest BCUT2D eigenvalue weighted by Gasteiger charge is 2.14. The summed E-state index contributed by atoms with van der Waals surface area (Å²) in [6, 6.07) is 17.2. The Morgan fingerprint density at radius 1 is 1.12 bits per heavy atom. The monoisotopic (exact) mass is 555 g/mol. The summed E-state index contributed by atoms with van der Waals surface area (Å²) in [6.45, 7) is 4.65. The molecule has 0 aliphatic heterocycles. The van der Waals surface area contributed by atoms with Crippen LogP contribution in [0.2, 0.25) is 10.0 Å². The van der Waals surface area contributed by atoms with Crippen LogP contribution in [0.15, 0.2) is 53.0 Å². The largest absolute Gasteiger partial charge is 0.490 e. The molecular formula is C26H20BrCl2N3O2. The molecule has 0 atom stereocenters. The van der Waals surface area contributed by atoms with Crippen LogP contribution in [-0.2, 0) is 6.61 Å². The lowest BCUT2D eigenvalue weighted by Gasteiger charge is -2.15. The normalized spacial score (nSPS) is 11.5. The number of aromatic amines is 1. The van der Waals surface area contributed by atoms with Crippen LogP contribution in [0.5, 0.6) is 11.5 Å². The molecule has 0 aliphatic carbocycles. The van der Waals surface area contributed by atoms with E-state index in [0.717, 1.165) is 27.7 Å². The van der Waals surface area contributed by atoms with Gasteiger partial charge in [0.25, 0.3) is 0 Å². The van der Waals surface area contributed by atoms with E-state index < -0.39 is 0 Å². The summed E-state index contributed by atoms with van der Waals surface area (Å²) in [4.78, 5) is 7.79. The maximum atomic E-state index is 9.80. The van der Waals surface area contributed by atoms with E-state index >= 15 is 0 Å². The minimum atomic E-state index is 0.284. The summed E-state index contributed by atoms with van der Waals surface area (Å²) in [5, 5.41) is 10.8. The Labute approximate surface area is 216 Å². The lowest BCUT2D eigenvalue weighted by atomic mass is 10.1. The minimum Gasteiger partial charge on any atom is -0.490 e. The van der Waals surface area contributed by atoms with Crippen molar-refractivity contribution in [3.05, 3.63) is 85.6 Å². The van der Waals surface area contributed by atoms with Crippen molar-refractivity contribution < 1.29 is 9.47 Å². The maximum Gasteiger partial charge on any atom is 0.175 e. The molecular weight excluding hydrogens is 537 g/mol. The van der Waals surface area contributed by atoms with Gasteiger partial charge in [-0.1, -0.05) is 35.3 Å². The molecule has 4 aromatic rings. The number of nitrogens with zero attached hydrogens (tertiary/aromatic N) is 2. The average Bonchev–Trinajstić information content (AvgIpc) is 3.22. The summed E-state index contributed by atoms with van der Waals surface area (Å²) in [5.41, 5.74) is 4.87. The molecule has 0 bridgehead atoms. The van der Waals surface area contributed by atoms with Crippen molar-refractivity contribution in [2.75, 3.05) is 6.61 Å². The van der Waals surface area contributed by atoms with Crippen molar-refractivity contribution in [3.63, 3.8) is 0 Å². The molecule has 0 spiro atoms. The van der Waals surface area contributed by atoms with Gasteiger partial charge in [0.1, 0.15) is 18.5 Å². The topological polar surface area (TPSA) is 70.9 Å². The number of fused-ring (bicyclic) bond motifs is 1. The summed E-state index contributed by atoms with van der Waals surface area (Å²) < 4.78 is 12.6. The third kappa shape index (κ3) is 5.39. The second-order valence-corrected chi connectivity index (χ2v) is 9.24. The predicted octanol–water partition coefficient (Wildman–Crippen LogP) is 7.98. The van der Waals surface area contributed by atoms with Gasteiger partial charge in [0, 0.05) is 0 Å². The number of nitrogens with one attached hydrogen (secondary N) is 1. The highest BCUT2D eigenvalue weighted by molar-refractivity contribution is 9.10. The van der Waals surface area contributed by atoms with E-state index in [1.165, 1.54) is 0 Å². The van der Waals surface area contributed by atoms with E-state index in [9.17, 15) is 5.26 Å². The first-order valence-corrected chi connectivity index (χ1v) is 12.0. The molecule has 0 saturated heterocycles. The molecule has 5 nitrogen and oxygen atoms in total. The van der Waals surface area contributed by atoms with Gasteiger partial charge in [0.2, 0.25) is 0 Å². The molecule has 172 valence electrons. The molecule has 4 rings (SSSR count). The fourth-order valence-corrected chi connectivity index (χ4v) is 4.33. The first-order chi connectivity index (χ1) is 16.4. The number of imidazole rings is 1. The quantitative estimate of drug-likeness (QED) is 0.234. The van der Waals surface area contributed by atoms with Gasteiger partial charge in [-0.2, -0.15) is 5.26 Å². The fourth-order valence-electron chi connectivity index (χ4n) is 3.43. The zero-order valence-corrected chi connectivity index (χ0v) is 21.6. The Morgan fingerprint density at radius 3 is 2.68 bits per heavy atom. The SMILES string of the molecule is CCOc1cc(/C=C(/C#N)c2nc3ccc(C)cc3[nH]2)cc(Br)c1OCc1ccc(Cl)c(Cl)c1. The van der Waals surface area contributed by atoms with E-state index in [4.69, 9.17) is 32.7 Å². The number of rotatable bonds is 7. The molecule has 8 heteroatoms. The van der Waals surface area contributed by atoms with Gasteiger partial charge in [-0.25, -0.2) is 4.98 Å². The van der Waals surface area contributed by atoms with Gasteiger partial charge in [0.15, 0.2) is 11.5 Å². The average molecular weight is 557 g/mol. The lowest BCUT2D eigenvalue weighted by Crippen LogP contribution is -2.01. The smallest absolute Gasteiger partial charge is 0.175 e. The molecule has 0 amide bonds. The first-order valence-electron chi connectivity index (χ1n) is 10.5. The molecule has 3 aromatic carbocycles. The van der Waals surface area contributed by atoms with Crippen LogP contribution in [-0.4, -0.2) is 16.6 Å². The molecule has 34 heavy (non-hydrogen) atoms. The van der Waals surface area contributed by atoms with Gasteiger partial charge in [-0.05, 0) is 88.9 Å². The predicted molar refractivity (Wildman–Crippen MR) is 140 cm³/mol. The number of benzene rings is 3. The van der Waals surface area contributed by atoms with Gasteiger partial charge >= 0.3 is 0 Å². The van der Waals surface area contributed by atoms with Gasteiger partial charge in [0.05, 0.1) is 37.7 Å². The Balaban J connectivity index is 1.65. The first kappa shape index (κ1) is 24.2. The zero-order chi connectivity index (χ0) is 24.2. The lowest BCUT2D eigenvalue weighted by molar-refractivity contribution is 0.267. The molecule has 1 N–H and O–H groups in total. The van der Waals surface area contributed by atoms with Gasteiger partial charge < -0.3 is 14.5 Å². The highest BCUT2D eigenvalue weighted by Crippen LogP contribution is 2.38. The molecule has 0 fully saturated rings. The van der Waals surface area contributed by atoms with E-state index in [1.54, 1.807) is 18.2 Å². The van der Waals surface area contributed by atoms with Crippen LogP contribution >= 0.6 is 39.1 Å². The number of hydrogen-bond donors (Lipinski definition) is 1. The summed E-state index contributed by atoms with van der Waals surface area (Å²) >= 11 is 15.7. The highest BCUT2D eigenvalue weighted by atomic mass is 79.9. The molecule has 1 heterocycles. The van der Waals surface area contributed by atoms with Crippen molar-refractivity contribution in [2.45, 2.75) is 20.5 Å². The number of ether oxygens (including phenoxy) is 2. The number of hydrogen-bond acceptors (Lipinski definition) is 4. The van der Waals surface area contributed by atoms with Gasteiger partial charge in [-0.15, -0.1) is 0 Å². The Bertz CT molecular complexity index is 1440. The van der Waals surface area contributed by atoms with Crippen molar-refractivity contribution in [2.24, 2.45) is 0 Å². The van der Waals surface area contributed by atoms with Gasteiger partial charge in [-0.3, -0.25) is 0 Å². The molecule has 0 saturated carbocycles. The number of nitriles is 1. The number of H-pyrrole nitrogens is 1. The van der Waals surface area contributed by atoms with Crippen molar-refractivity contribution in [1.82, 2.24) is 9.97 Å². The Kier molecular flexibility index (Phi) is 7.47. The van der Waals surface area contributed by atoms with E-state index in [2.05, 4.69) is 32.0 Å². The number of allylic oxidation sites excluding steroid dienone is 1. The zero-order valence-electron chi connectivity index (χ0n) is 18.5. The van der Waals surface area contributed by atoms with Crippen molar-refractivity contribution in [1.29, 1.82) is 5.26 Å². The third-order valence-corrected chi connectivity index (χ3v) is 6.35. The van der Waals surface area contributed by atoms with Crippen LogP contribution in [0.1, 0.15) is 29.4 Å². The van der Waals surface area contributed by atoms with Crippen LogP contribution in [0.3, 0.4) is 0 Å². The maximum absolute atomic E-state index is 9.80. The summed E-state index contributed by atoms with van der Waals surface area (Å²) in [7, 11) is 0. The van der Waals surface area contributed by atoms with E-state index in [1.807, 2.05) is 50.2 Å². The minimum absolute atomic E-state index is 0.284. The number of halogens is 3. The van der Waals surface area contributed by atoms with Crippen LogP contribution in [0.4, 0.5) is 0 Å². The molecule has 0 aliphatic rings. The Morgan fingerprint density at radius 2 is 1.94 bits per heavy atom. The standard InChI is InChI=1S/C26H20BrCl2N3O2/c1-3-33-24-12-17(9-18(13-30)26-31-22-7-4-15(2)8-23(22)32-26)10-19(27)25(24)34-14-16-5-6-20(28)21(29)11-16/h4-12H,3,14H2,1-2H3,(H,31,32)/b18-9-. The molecule has 0 radical (unpaired) electrons. The second-order valence-electron chi connectivity index (χ2n) is 7.58. The fraction of sp³-hybridized carbons (Fsp3) is 0.154. The molecule has 0 unspecified atom stereocenters. The van der Waals surface area contributed by atoms with Crippen molar-refractivity contribution in [3.8, 4) is 17.6 Å². The number of aromatic nitrogens is 2. The van der Waals surface area contributed by atoms with Crippen LogP contribution in [0, 0.1) is 18.3 Å². The van der Waals surface area contributed by atoms with Crippen LogP contribution < -0.4 is 9.47 Å². The van der Waals surface area contributed by atoms with E-state index in [-0.39, 0.29) is 6.61 Å². The van der Waals surface area contributed by atoms with Crippen molar-refractivity contribution >= 4 is 61.8 Å². The van der Waals surface area contributed by atoms with E-state index in [0.29, 0.717) is 44.0 Å². The summed E-state index contributed by atoms with van der Waals surface area (Å²) in [6.07, 6.45) is 1.76. The molecule has 1 aromatic heterocycles. The second kappa shape index (κ2) is 10.5.